The summed E-state index contributed by atoms with van der Waals surface area (Å²) in [4.78, 5) is 12.2. The van der Waals surface area contributed by atoms with Crippen LogP contribution in [0.1, 0.15) is 11.1 Å². The summed E-state index contributed by atoms with van der Waals surface area (Å²) in [7, 11) is 1.52. The van der Waals surface area contributed by atoms with Crippen molar-refractivity contribution in [3.63, 3.8) is 0 Å². The normalized spacial score (nSPS) is 12.1. The number of hydrogen-bond donors (Lipinski definition) is 1. The number of ether oxygens (including phenoxy) is 1. The number of halogens is 3. The van der Waals surface area contributed by atoms with Crippen molar-refractivity contribution < 1.29 is 22.7 Å². The Morgan fingerprint density at radius 2 is 1.92 bits per heavy atom. The quantitative estimate of drug-likeness (QED) is 0.887. The summed E-state index contributed by atoms with van der Waals surface area (Å²) in [5, 5.41) is 11.6. The Morgan fingerprint density at radius 1 is 1.24 bits per heavy atom. The van der Waals surface area contributed by atoms with E-state index in [0.29, 0.717) is 5.75 Å². The van der Waals surface area contributed by atoms with Crippen LogP contribution < -0.4 is 10.1 Å². The Hall–Kier alpha value is -3.01. The van der Waals surface area contributed by atoms with Crippen LogP contribution in [-0.4, -0.2) is 13.0 Å². The molecule has 7 heteroatoms. The Balaban J connectivity index is 2.08. The largest absolute Gasteiger partial charge is 0.497 e. The van der Waals surface area contributed by atoms with Crippen LogP contribution in [0.3, 0.4) is 0 Å². The van der Waals surface area contributed by atoms with Crippen molar-refractivity contribution >= 4 is 11.6 Å². The molecule has 0 fully saturated rings. The fourth-order valence-corrected chi connectivity index (χ4v) is 2.20. The summed E-state index contributed by atoms with van der Waals surface area (Å²) in [6.45, 7) is 0. The standard InChI is InChI=1S/C18H15F3N2O2/c1-25-16-7-5-12(6-8-16)9-13(11-22)17(24)23-15-4-2-3-14(10-15)18(19,20)21/h2-8,10,13H,9H2,1H3,(H,23,24)/t13-/m0/s1. The van der Waals surface area contributed by atoms with Gasteiger partial charge >= 0.3 is 6.18 Å². The highest BCUT2D eigenvalue weighted by molar-refractivity contribution is 5.94. The van der Waals surface area contributed by atoms with E-state index in [9.17, 15) is 23.2 Å². The van der Waals surface area contributed by atoms with Crippen molar-refractivity contribution in [1.82, 2.24) is 0 Å². The first-order chi connectivity index (χ1) is 11.8. The molecule has 2 rings (SSSR count). The average molecular weight is 348 g/mol. The number of nitrogens with zero attached hydrogens (tertiary/aromatic N) is 1. The van der Waals surface area contributed by atoms with Crippen LogP contribution in [0.4, 0.5) is 18.9 Å². The van der Waals surface area contributed by atoms with Crippen molar-refractivity contribution in [1.29, 1.82) is 5.26 Å². The molecule has 0 aliphatic heterocycles. The Bertz CT molecular complexity index is 780. The zero-order valence-electron chi connectivity index (χ0n) is 13.3. The van der Waals surface area contributed by atoms with E-state index in [-0.39, 0.29) is 12.1 Å². The number of nitrogens with one attached hydrogen (secondary N) is 1. The van der Waals surface area contributed by atoms with E-state index in [1.54, 1.807) is 24.3 Å². The van der Waals surface area contributed by atoms with Gasteiger partial charge in [-0.05, 0) is 42.3 Å². The van der Waals surface area contributed by atoms with Gasteiger partial charge in [0.05, 0.1) is 18.7 Å². The van der Waals surface area contributed by atoms with E-state index in [4.69, 9.17) is 4.74 Å². The molecule has 0 saturated carbocycles. The molecule has 0 bridgehead atoms. The molecule has 0 aliphatic rings. The van der Waals surface area contributed by atoms with E-state index in [2.05, 4.69) is 5.32 Å². The predicted molar refractivity (Wildman–Crippen MR) is 85.9 cm³/mol. The second-order valence-electron chi connectivity index (χ2n) is 5.30. The van der Waals surface area contributed by atoms with Gasteiger partial charge < -0.3 is 10.1 Å². The summed E-state index contributed by atoms with van der Waals surface area (Å²) in [5.74, 6) is -1.04. The summed E-state index contributed by atoms with van der Waals surface area (Å²) >= 11 is 0. The Kier molecular flexibility index (Phi) is 5.65. The van der Waals surface area contributed by atoms with Gasteiger partial charge in [0.2, 0.25) is 5.91 Å². The molecule has 0 saturated heterocycles. The first kappa shape index (κ1) is 18.3. The van der Waals surface area contributed by atoms with Crippen LogP contribution in [0.15, 0.2) is 48.5 Å². The number of rotatable bonds is 5. The molecule has 2 aromatic rings. The fourth-order valence-electron chi connectivity index (χ4n) is 2.20. The van der Waals surface area contributed by atoms with Crippen LogP contribution in [0.2, 0.25) is 0 Å². The van der Waals surface area contributed by atoms with Crippen molar-refractivity contribution in [3.8, 4) is 11.8 Å². The molecule has 0 radical (unpaired) electrons. The predicted octanol–water partition coefficient (Wildman–Crippen LogP) is 4.03. The monoisotopic (exact) mass is 348 g/mol. The molecule has 0 spiro atoms. The summed E-state index contributed by atoms with van der Waals surface area (Å²) in [6.07, 6.45) is -4.36. The molecule has 4 nitrogen and oxygen atoms in total. The number of amides is 1. The third-order valence-corrected chi connectivity index (χ3v) is 3.53. The Morgan fingerprint density at radius 3 is 2.48 bits per heavy atom. The smallest absolute Gasteiger partial charge is 0.416 e. The van der Waals surface area contributed by atoms with Crippen LogP contribution in [-0.2, 0) is 17.4 Å². The minimum atomic E-state index is -4.50. The third kappa shape index (κ3) is 4.98. The summed E-state index contributed by atoms with van der Waals surface area (Å²) in [6, 6.07) is 13.0. The van der Waals surface area contributed by atoms with E-state index in [0.717, 1.165) is 17.7 Å². The molecule has 0 unspecified atom stereocenters. The molecule has 0 aromatic heterocycles. The molecular weight excluding hydrogens is 333 g/mol. The topological polar surface area (TPSA) is 62.1 Å². The number of methoxy groups -OCH3 is 1. The van der Waals surface area contributed by atoms with Crippen molar-refractivity contribution in [2.24, 2.45) is 5.92 Å². The third-order valence-electron chi connectivity index (χ3n) is 3.53. The Labute approximate surface area is 142 Å². The highest BCUT2D eigenvalue weighted by Crippen LogP contribution is 2.30. The maximum Gasteiger partial charge on any atom is 0.416 e. The van der Waals surface area contributed by atoms with E-state index in [1.165, 1.54) is 19.2 Å². The summed E-state index contributed by atoms with van der Waals surface area (Å²) in [5.41, 5.74) is -0.129. The van der Waals surface area contributed by atoms with Gasteiger partial charge in [0.25, 0.3) is 0 Å². The molecule has 1 N–H and O–H groups in total. The zero-order valence-corrected chi connectivity index (χ0v) is 13.3. The first-order valence-corrected chi connectivity index (χ1v) is 7.34. The minimum absolute atomic E-state index is 0.00481. The number of carbonyl (C=O) groups excluding carboxylic acids is 1. The minimum Gasteiger partial charge on any atom is -0.497 e. The number of nitriles is 1. The molecule has 0 heterocycles. The zero-order chi connectivity index (χ0) is 18.4. The maximum atomic E-state index is 12.7. The maximum absolute atomic E-state index is 12.7. The second kappa shape index (κ2) is 7.71. The van der Waals surface area contributed by atoms with Gasteiger partial charge in [-0.25, -0.2) is 0 Å². The van der Waals surface area contributed by atoms with Gasteiger partial charge in [0.15, 0.2) is 0 Å². The molecular formula is C18H15F3N2O2. The molecule has 0 aliphatic carbocycles. The van der Waals surface area contributed by atoms with E-state index < -0.39 is 23.6 Å². The average Bonchev–Trinajstić information content (AvgIpc) is 2.59. The van der Waals surface area contributed by atoms with Gasteiger partial charge in [0, 0.05) is 5.69 Å². The number of benzene rings is 2. The van der Waals surface area contributed by atoms with Crippen molar-refractivity contribution in [2.75, 3.05) is 12.4 Å². The fraction of sp³-hybridized carbons (Fsp3) is 0.222. The second-order valence-corrected chi connectivity index (χ2v) is 5.30. The van der Waals surface area contributed by atoms with Gasteiger partial charge in [-0.3, -0.25) is 4.79 Å². The number of hydrogen-bond acceptors (Lipinski definition) is 3. The lowest BCUT2D eigenvalue weighted by Crippen LogP contribution is -2.23. The molecule has 25 heavy (non-hydrogen) atoms. The van der Waals surface area contributed by atoms with Gasteiger partial charge in [0.1, 0.15) is 11.7 Å². The molecule has 1 amide bonds. The van der Waals surface area contributed by atoms with E-state index >= 15 is 0 Å². The first-order valence-electron chi connectivity index (χ1n) is 7.34. The molecule has 2 aromatic carbocycles. The highest BCUT2D eigenvalue weighted by Gasteiger charge is 2.30. The van der Waals surface area contributed by atoms with Crippen LogP contribution in [0, 0.1) is 17.2 Å². The van der Waals surface area contributed by atoms with Gasteiger partial charge in [-0.1, -0.05) is 18.2 Å². The molecule has 130 valence electrons. The van der Waals surface area contributed by atoms with Crippen LogP contribution >= 0.6 is 0 Å². The number of alkyl halides is 3. The number of carbonyl (C=O) groups is 1. The van der Waals surface area contributed by atoms with Crippen molar-refractivity contribution in [2.45, 2.75) is 12.6 Å². The van der Waals surface area contributed by atoms with Gasteiger partial charge in [-0.15, -0.1) is 0 Å². The van der Waals surface area contributed by atoms with Crippen LogP contribution in [0.25, 0.3) is 0 Å². The van der Waals surface area contributed by atoms with Crippen LogP contribution in [0.5, 0.6) is 5.75 Å². The lowest BCUT2D eigenvalue weighted by atomic mass is 9.99. The van der Waals surface area contributed by atoms with E-state index in [1.807, 2.05) is 6.07 Å². The summed E-state index contributed by atoms with van der Waals surface area (Å²) < 4.78 is 43.1. The number of anilines is 1. The van der Waals surface area contributed by atoms with Crippen molar-refractivity contribution in [3.05, 3.63) is 59.7 Å². The lowest BCUT2D eigenvalue weighted by molar-refractivity contribution is -0.137. The lowest BCUT2D eigenvalue weighted by Gasteiger charge is -2.12. The van der Waals surface area contributed by atoms with Gasteiger partial charge in [-0.2, -0.15) is 18.4 Å². The molecule has 1 atom stereocenters. The highest BCUT2D eigenvalue weighted by atomic mass is 19.4. The SMILES string of the molecule is COc1ccc(C[C@@H](C#N)C(=O)Nc2cccc(C(F)(F)F)c2)cc1.